The quantitative estimate of drug-likeness (QED) is 0.864. The highest BCUT2D eigenvalue weighted by molar-refractivity contribution is 5.88. The lowest BCUT2D eigenvalue weighted by Gasteiger charge is -2.32. The van der Waals surface area contributed by atoms with Gasteiger partial charge in [0, 0.05) is 31.3 Å². The minimum absolute atomic E-state index is 0.0583. The summed E-state index contributed by atoms with van der Waals surface area (Å²) in [6, 6.07) is 2.66. The summed E-state index contributed by atoms with van der Waals surface area (Å²) in [6.07, 6.45) is 1.24. The molecule has 23 heavy (non-hydrogen) atoms. The highest BCUT2D eigenvalue weighted by atomic mass is 19.1. The van der Waals surface area contributed by atoms with Crippen LogP contribution in [0.1, 0.15) is 25.3 Å². The van der Waals surface area contributed by atoms with Crippen molar-refractivity contribution < 1.29 is 23.1 Å². The van der Waals surface area contributed by atoms with Crippen molar-refractivity contribution in [3.63, 3.8) is 0 Å². The lowest BCUT2D eigenvalue weighted by molar-refractivity contribution is -0.140. The SMILES string of the molecule is CCOCC(=O)N[C@H]1CCCN(Cc2ccc(F)cc2F)C1=O. The fourth-order valence-electron chi connectivity index (χ4n) is 2.52. The van der Waals surface area contributed by atoms with Crippen LogP contribution in [0.15, 0.2) is 18.2 Å². The van der Waals surface area contributed by atoms with Crippen LogP contribution in [-0.4, -0.2) is 42.5 Å². The third-order valence-electron chi connectivity index (χ3n) is 3.68. The molecule has 7 heteroatoms. The minimum atomic E-state index is -0.680. The van der Waals surface area contributed by atoms with E-state index in [9.17, 15) is 18.4 Å². The molecule has 1 aliphatic heterocycles. The Morgan fingerprint density at radius 3 is 2.91 bits per heavy atom. The van der Waals surface area contributed by atoms with E-state index in [2.05, 4.69) is 5.32 Å². The predicted octanol–water partition coefficient (Wildman–Crippen LogP) is 1.61. The number of halogens is 2. The van der Waals surface area contributed by atoms with Gasteiger partial charge in [0.1, 0.15) is 24.3 Å². The van der Waals surface area contributed by atoms with E-state index in [1.807, 2.05) is 0 Å². The first-order valence-electron chi connectivity index (χ1n) is 7.61. The molecular formula is C16H20F2N2O3. The Balaban J connectivity index is 1.97. The van der Waals surface area contributed by atoms with Gasteiger partial charge >= 0.3 is 0 Å². The maximum Gasteiger partial charge on any atom is 0.246 e. The minimum Gasteiger partial charge on any atom is -0.372 e. The molecular weight excluding hydrogens is 306 g/mol. The van der Waals surface area contributed by atoms with Crippen LogP contribution in [0, 0.1) is 11.6 Å². The van der Waals surface area contributed by atoms with Crippen LogP contribution in [0.2, 0.25) is 0 Å². The van der Waals surface area contributed by atoms with Crippen LogP contribution >= 0.6 is 0 Å². The van der Waals surface area contributed by atoms with Crippen LogP contribution in [0.4, 0.5) is 8.78 Å². The van der Waals surface area contributed by atoms with E-state index in [0.29, 0.717) is 26.0 Å². The van der Waals surface area contributed by atoms with Gasteiger partial charge in [-0.1, -0.05) is 6.07 Å². The van der Waals surface area contributed by atoms with Gasteiger partial charge < -0.3 is 15.0 Å². The molecule has 1 saturated heterocycles. The van der Waals surface area contributed by atoms with Crippen LogP contribution in [0.5, 0.6) is 0 Å². The molecule has 0 radical (unpaired) electrons. The van der Waals surface area contributed by atoms with Gasteiger partial charge in [-0.15, -0.1) is 0 Å². The van der Waals surface area contributed by atoms with E-state index < -0.39 is 17.7 Å². The molecule has 0 unspecified atom stereocenters. The Hall–Kier alpha value is -2.02. The summed E-state index contributed by atoms with van der Waals surface area (Å²) >= 11 is 0. The number of hydrogen-bond acceptors (Lipinski definition) is 3. The number of ether oxygens (including phenoxy) is 1. The Kier molecular flexibility index (Phi) is 6.04. The van der Waals surface area contributed by atoms with Crippen molar-refractivity contribution >= 4 is 11.8 Å². The molecule has 126 valence electrons. The summed E-state index contributed by atoms with van der Waals surface area (Å²) in [4.78, 5) is 25.5. The standard InChI is InChI=1S/C16H20F2N2O3/c1-2-23-10-15(21)19-14-4-3-7-20(16(14)22)9-11-5-6-12(17)8-13(11)18/h5-6,8,14H,2-4,7,9-10H2,1H3,(H,19,21)/t14-/m0/s1. The number of hydrogen-bond donors (Lipinski definition) is 1. The molecule has 2 amide bonds. The van der Waals surface area contributed by atoms with Crippen molar-refractivity contribution in [1.29, 1.82) is 0 Å². The highest BCUT2D eigenvalue weighted by Gasteiger charge is 2.30. The average Bonchev–Trinajstić information content (AvgIpc) is 2.51. The first-order valence-corrected chi connectivity index (χ1v) is 7.61. The Labute approximate surface area is 133 Å². The first kappa shape index (κ1) is 17.3. The maximum atomic E-state index is 13.7. The van der Waals surface area contributed by atoms with Gasteiger partial charge in [0.05, 0.1) is 0 Å². The van der Waals surface area contributed by atoms with E-state index in [1.165, 1.54) is 11.0 Å². The van der Waals surface area contributed by atoms with E-state index in [0.717, 1.165) is 12.1 Å². The molecule has 0 aliphatic carbocycles. The molecule has 1 atom stereocenters. The lowest BCUT2D eigenvalue weighted by Crippen LogP contribution is -2.52. The fourth-order valence-corrected chi connectivity index (χ4v) is 2.52. The molecule has 0 spiro atoms. The summed E-state index contributed by atoms with van der Waals surface area (Å²) < 4.78 is 31.6. The number of nitrogens with zero attached hydrogens (tertiary/aromatic N) is 1. The van der Waals surface area contributed by atoms with E-state index in [4.69, 9.17) is 4.74 Å². The zero-order valence-electron chi connectivity index (χ0n) is 13.0. The highest BCUT2D eigenvalue weighted by Crippen LogP contribution is 2.17. The third-order valence-corrected chi connectivity index (χ3v) is 3.68. The largest absolute Gasteiger partial charge is 0.372 e. The maximum absolute atomic E-state index is 13.7. The van der Waals surface area contributed by atoms with Crippen molar-refractivity contribution in [1.82, 2.24) is 10.2 Å². The molecule has 1 N–H and O–H groups in total. The molecule has 1 fully saturated rings. The second kappa shape index (κ2) is 8.01. The van der Waals surface area contributed by atoms with Gasteiger partial charge in [0.2, 0.25) is 11.8 Å². The van der Waals surface area contributed by atoms with Gasteiger partial charge in [-0.2, -0.15) is 0 Å². The Morgan fingerprint density at radius 1 is 1.43 bits per heavy atom. The number of rotatable bonds is 6. The zero-order chi connectivity index (χ0) is 16.8. The first-order chi connectivity index (χ1) is 11.0. The molecule has 1 aromatic rings. The number of likely N-dealkylation sites (tertiary alicyclic amines) is 1. The summed E-state index contributed by atoms with van der Waals surface area (Å²) in [5.74, 6) is -1.94. The summed E-state index contributed by atoms with van der Waals surface area (Å²) in [6.45, 7) is 2.64. The molecule has 0 saturated carbocycles. The smallest absolute Gasteiger partial charge is 0.246 e. The van der Waals surface area contributed by atoms with Crippen LogP contribution in [-0.2, 0) is 20.9 Å². The Morgan fingerprint density at radius 2 is 2.22 bits per heavy atom. The molecule has 0 aromatic heterocycles. The molecule has 0 bridgehead atoms. The number of benzene rings is 1. The number of nitrogens with one attached hydrogen (secondary N) is 1. The second-order valence-electron chi connectivity index (χ2n) is 5.39. The summed E-state index contributed by atoms with van der Waals surface area (Å²) in [7, 11) is 0. The van der Waals surface area contributed by atoms with Crippen molar-refractivity contribution in [3.8, 4) is 0 Å². The van der Waals surface area contributed by atoms with E-state index >= 15 is 0 Å². The normalized spacial score (nSPS) is 18.1. The van der Waals surface area contributed by atoms with Gasteiger partial charge in [-0.3, -0.25) is 9.59 Å². The van der Waals surface area contributed by atoms with E-state index in [1.54, 1.807) is 6.92 Å². The number of carbonyl (C=O) groups is 2. The van der Waals surface area contributed by atoms with Gasteiger partial charge in [-0.25, -0.2) is 8.78 Å². The average molecular weight is 326 g/mol. The van der Waals surface area contributed by atoms with Gasteiger partial charge in [-0.05, 0) is 25.8 Å². The van der Waals surface area contributed by atoms with Gasteiger partial charge in [0.25, 0.3) is 0 Å². The second-order valence-corrected chi connectivity index (χ2v) is 5.39. The topological polar surface area (TPSA) is 58.6 Å². The molecule has 1 aromatic carbocycles. The Bertz CT molecular complexity index is 580. The lowest BCUT2D eigenvalue weighted by atomic mass is 10.0. The number of amides is 2. The van der Waals surface area contributed by atoms with Gasteiger partial charge in [0.15, 0.2) is 0 Å². The van der Waals surface area contributed by atoms with Crippen molar-refractivity contribution in [2.75, 3.05) is 19.8 Å². The monoisotopic (exact) mass is 326 g/mol. The zero-order valence-corrected chi connectivity index (χ0v) is 13.0. The van der Waals surface area contributed by atoms with E-state index in [-0.39, 0.29) is 30.5 Å². The van der Waals surface area contributed by atoms with Crippen molar-refractivity contribution in [2.24, 2.45) is 0 Å². The van der Waals surface area contributed by atoms with Crippen molar-refractivity contribution in [2.45, 2.75) is 32.4 Å². The van der Waals surface area contributed by atoms with Crippen LogP contribution in [0.3, 0.4) is 0 Å². The van der Waals surface area contributed by atoms with Crippen molar-refractivity contribution in [3.05, 3.63) is 35.4 Å². The number of piperidine rings is 1. The van der Waals surface area contributed by atoms with Crippen LogP contribution in [0.25, 0.3) is 0 Å². The summed E-state index contributed by atoms with van der Waals surface area (Å²) in [5.41, 5.74) is 0.251. The number of carbonyl (C=O) groups excluding carboxylic acids is 2. The predicted molar refractivity (Wildman–Crippen MR) is 79.4 cm³/mol. The van der Waals surface area contributed by atoms with Crippen LogP contribution < -0.4 is 5.32 Å². The fraction of sp³-hybridized carbons (Fsp3) is 0.500. The molecule has 1 aliphatic rings. The summed E-state index contributed by atoms with van der Waals surface area (Å²) in [5, 5.41) is 2.63. The molecule has 5 nitrogen and oxygen atoms in total. The molecule has 1 heterocycles. The third kappa shape index (κ3) is 4.72. The molecule has 2 rings (SSSR count).